The van der Waals surface area contributed by atoms with Crippen LogP contribution in [0.3, 0.4) is 0 Å². The largest absolute Gasteiger partial charge is 0.466 e. The second kappa shape index (κ2) is 6.39. The van der Waals surface area contributed by atoms with Gasteiger partial charge < -0.3 is 4.74 Å². The quantitative estimate of drug-likeness (QED) is 0.709. The highest BCUT2D eigenvalue weighted by Gasteiger charge is 2.32. The summed E-state index contributed by atoms with van der Waals surface area (Å²) in [5, 5.41) is 0. The van der Waals surface area contributed by atoms with Crippen LogP contribution in [0.2, 0.25) is 0 Å². The molecular weight excluding hydrogens is 214 g/mol. The van der Waals surface area contributed by atoms with Gasteiger partial charge in [0.25, 0.3) is 0 Å². The topological polar surface area (TPSA) is 29.5 Å². The van der Waals surface area contributed by atoms with Gasteiger partial charge in [-0.3, -0.25) is 9.69 Å². The normalized spacial score (nSPS) is 32.2. The number of piperidine rings is 1. The standard InChI is InChI=1S/C14H27NO2/c1-6-17-14(16)8-12(4)15-9-10(2)7-11(3)13(15)5/h10-13H,6-9H2,1-5H3. The molecule has 1 fully saturated rings. The molecule has 3 heteroatoms. The fourth-order valence-electron chi connectivity index (χ4n) is 2.92. The molecule has 4 unspecified atom stereocenters. The summed E-state index contributed by atoms with van der Waals surface area (Å²) in [6.07, 6.45) is 1.81. The molecule has 0 N–H and O–H groups in total. The number of esters is 1. The van der Waals surface area contributed by atoms with Gasteiger partial charge >= 0.3 is 5.97 Å². The molecule has 0 spiro atoms. The predicted molar refractivity (Wildman–Crippen MR) is 69.8 cm³/mol. The van der Waals surface area contributed by atoms with Crippen molar-refractivity contribution < 1.29 is 9.53 Å². The summed E-state index contributed by atoms with van der Waals surface area (Å²) in [4.78, 5) is 14.0. The molecule has 0 aromatic heterocycles. The number of ether oxygens (including phenoxy) is 1. The van der Waals surface area contributed by atoms with E-state index >= 15 is 0 Å². The number of rotatable bonds is 4. The number of hydrogen-bond donors (Lipinski definition) is 0. The SMILES string of the molecule is CCOC(=O)CC(C)N1CC(C)CC(C)C1C. The molecule has 0 aromatic rings. The third-order valence-corrected chi connectivity index (χ3v) is 3.98. The molecule has 1 aliphatic heterocycles. The first-order chi connectivity index (χ1) is 7.95. The van der Waals surface area contributed by atoms with Gasteiger partial charge in [0.05, 0.1) is 13.0 Å². The Bertz CT molecular complexity index is 255. The van der Waals surface area contributed by atoms with E-state index in [4.69, 9.17) is 4.74 Å². The number of carbonyl (C=O) groups is 1. The van der Waals surface area contributed by atoms with Gasteiger partial charge in [-0.15, -0.1) is 0 Å². The molecular formula is C14H27NO2. The summed E-state index contributed by atoms with van der Waals surface area (Å²) < 4.78 is 5.03. The van der Waals surface area contributed by atoms with Crippen molar-refractivity contribution in [1.29, 1.82) is 0 Å². The van der Waals surface area contributed by atoms with E-state index < -0.39 is 0 Å². The van der Waals surface area contributed by atoms with Gasteiger partial charge in [0.1, 0.15) is 0 Å². The average molecular weight is 241 g/mol. The highest BCUT2D eigenvalue weighted by molar-refractivity contribution is 5.70. The lowest BCUT2D eigenvalue weighted by Crippen LogP contribution is -2.50. The molecule has 3 nitrogen and oxygen atoms in total. The Morgan fingerprint density at radius 2 is 2.06 bits per heavy atom. The molecule has 1 rings (SSSR count). The van der Waals surface area contributed by atoms with E-state index in [-0.39, 0.29) is 12.0 Å². The molecule has 0 aromatic carbocycles. The van der Waals surface area contributed by atoms with Crippen LogP contribution in [0, 0.1) is 11.8 Å². The van der Waals surface area contributed by atoms with Crippen LogP contribution in [0.1, 0.15) is 47.5 Å². The second-order valence-corrected chi connectivity index (χ2v) is 5.61. The maximum absolute atomic E-state index is 11.5. The van der Waals surface area contributed by atoms with Gasteiger partial charge in [-0.1, -0.05) is 13.8 Å². The summed E-state index contributed by atoms with van der Waals surface area (Å²) in [6, 6.07) is 0.852. The molecule has 4 atom stereocenters. The Morgan fingerprint density at radius 1 is 1.41 bits per heavy atom. The average Bonchev–Trinajstić information content (AvgIpc) is 2.23. The van der Waals surface area contributed by atoms with Crippen LogP contribution in [-0.4, -0.2) is 36.1 Å². The lowest BCUT2D eigenvalue weighted by Gasteiger charge is -2.44. The van der Waals surface area contributed by atoms with Crippen LogP contribution in [0.5, 0.6) is 0 Å². The van der Waals surface area contributed by atoms with Crippen LogP contribution in [0.4, 0.5) is 0 Å². The van der Waals surface area contributed by atoms with Gasteiger partial charge in [-0.25, -0.2) is 0 Å². The minimum absolute atomic E-state index is 0.0712. The van der Waals surface area contributed by atoms with E-state index in [1.807, 2.05) is 6.92 Å². The van der Waals surface area contributed by atoms with E-state index in [1.165, 1.54) is 6.42 Å². The van der Waals surface area contributed by atoms with Gasteiger partial charge in [-0.05, 0) is 39.0 Å². The monoisotopic (exact) mass is 241 g/mol. The fourth-order valence-corrected chi connectivity index (χ4v) is 2.92. The van der Waals surface area contributed by atoms with E-state index in [2.05, 4.69) is 32.6 Å². The van der Waals surface area contributed by atoms with E-state index in [0.29, 0.717) is 25.0 Å². The Hall–Kier alpha value is -0.570. The maximum Gasteiger partial charge on any atom is 0.307 e. The first-order valence-corrected chi connectivity index (χ1v) is 6.87. The lowest BCUT2D eigenvalue weighted by atomic mass is 9.85. The Balaban J connectivity index is 2.54. The lowest BCUT2D eigenvalue weighted by molar-refractivity contribution is -0.145. The zero-order chi connectivity index (χ0) is 13.0. The molecule has 0 amide bonds. The third-order valence-electron chi connectivity index (χ3n) is 3.98. The summed E-state index contributed by atoms with van der Waals surface area (Å²) in [7, 11) is 0. The Kier molecular flexibility index (Phi) is 5.44. The predicted octanol–water partition coefficient (Wildman–Crippen LogP) is 2.69. The van der Waals surface area contributed by atoms with E-state index in [0.717, 1.165) is 12.5 Å². The molecule has 0 saturated carbocycles. The smallest absolute Gasteiger partial charge is 0.307 e. The van der Waals surface area contributed by atoms with Crippen LogP contribution in [-0.2, 0) is 9.53 Å². The molecule has 1 heterocycles. The number of hydrogen-bond acceptors (Lipinski definition) is 3. The van der Waals surface area contributed by atoms with Crippen molar-refractivity contribution in [2.45, 2.75) is 59.5 Å². The van der Waals surface area contributed by atoms with Crippen LogP contribution < -0.4 is 0 Å². The molecule has 0 aliphatic carbocycles. The summed E-state index contributed by atoms with van der Waals surface area (Å²) in [6.45, 7) is 12.5. The first kappa shape index (κ1) is 14.5. The third kappa shape index (κ3) is 3.98. The number of nitrogens with zero attached hydrogens (tertiary/aromatic N) is 1. The molecule has 0 radical (unpaired) electrons. The minimum atomic E-state index is -0.0712. The highest BCUT2D eigenvalue weighted by Crippen LogP contribution is 2.29. The van der Waals surface area contributed by atoms with E-state index in [1.54, 1.807) is 0 Å². The van der Waals surface area contributed by atoms with Gasteiger partial charge in [0, 0.05) is 18.6 Å². The van der Waals surface area contributed by atoms with Crippen LogP contribution in [0.15, 0.2) is 0 Å². The minimum Gasteiger partial charge on any atom is -0.466 e. The van der Waals surface area contributed by atoms with Crippen LogP contribution in [0.25, 0.3) is 0 Å². The van der Waals surface area contributed by atoms with Crippen molar-refractivity contribution in [3.8, 4) is 0 Å². The zero-order valence-electron chi connectivity index (χ0n) is 11.9. The number of carbonyl (C=O) groups excluding carboxylic acids is 1. The van der Waals surface area contributed by atoms with E-state index in [9.17, 15) is 4.79 Å². The maximum atomic E-state index is 11.5. The second-order valence-electron chi connectivity index (χ2n) is 5.61. The van der Waals surface area contributed by atoms with Crippen LogP contribution >= 0.6 is 0 Å². The van der Waals surface area contributed by atoms with Gasteiger partial charge in [-0.2, -0.15) is 0 Å². The van der Waals surface area contributed by atoms with Crippen molar-refractivity contribution in [3.63, 3.8) is 0 Å². The molecule has 1 saturated heterocycles. The molecule has 1 aliphatic rings. The summed E-state index contributed by atoms with van der Waals surface area (Å²) in [5.41, 5.74) is 0. The van der Waals surface area contributed by atoms with Crippen molar-refractivity contribution in [2.24, 2.45) is 11.8 Å². The number of likely N-dealkylation sites (tertiary alicyclic amines) is 1. The molecule has 100 valence electrons. The van der Waals surface area contributed by atoms with Crippen molar-refractivity contribution >= 4 is 5.97 Å². The fraction of sp³-hybridized carbons (Fsp3) is 0.929. The molecule has 0 bridgehead atoms. The van der Waals surface area contributed by atoms with Gasteiger partial charge in [0.15, 0.2) is 0 Å². The molecule has 17 heavy (non-hydrogen) atoms. The zero-order valence-corrected chi connectivity index (χ0v) is 11.9. The van der Waals surface area contributed by atoms with Gasteiger partial charge in [0.2, 0.25) is 0 Å². The summed E-state index contributed by atoms with van der Waals surface area (Å²) in [5.74, 6) is 1.37. The Morgan fingerprint density at radius 3 is 2.65 bits per heavy atom. The Labute approximate surface area is 106 Å². The van der Waals surface area contributed by atoms with Crippen molar-refractivity contribution in [3.05, 3.63) is 0 Å². The van der Waals surface area contributed by atoms with Crippen molar-refractivity contribution in [2.75, 3.05) is 13.2 Å². The highest BCUT2D eigenvalue weighted by atomic mass is 16.5. The summed E-state index contributed by atoms with van der Waals surface area (Å²) >= 11 is 0. The first-order valence-electron chi connectivity index (χ1n) is 6.87. The van der Waals surface area contributed by atoms with Crippen molar-refractivity contribution in [1.82, 2.24) is 4.90 Å².